The maximum absolute atomic E-state index is 5.95. The molecule has 2 atom stereocenters. The normalized spacial score (nSPS) is 24.7. The van der Waals surface area contributed by atoms with Gasteiger partial charge in [0.15, 0.2) is 0 Å². The Hall–Kier alpha value is -0.0800. The van der Waals surface area contributed by atoms with E-state index in [1.807, 2.05) is 0 Å². The Morgan fingerprint density at radius 1 is 1.00 bits per heavy atom. The number of hydrogen-bond donors (Lipinski definition) is 1. The summed E-state index contributed by atoms with van der Waals surface area (Å²) in [7, 11) is 0. The van der Waals surface area contributed by atoms with Crippen LogP contribution in [0.25, 0.3) is 0 Å². The van der Waals surface area contributed by atoms with E-state index >= 15 is 0 Å². The van der Waals surface area contributed by atoms with Crippen molar-refractivity contribution in [3.8, 4) is 0 Å². The Morgan fingerprint density at radius 2 is 1.72 bits per heavy atom. The van der Waals surface area contributed by atoms with Crippen LogP contribution >= 0.6 is 0 Å². The molecule has 0 amide bonds. The molecule has 0 aromatic heterocycles. The van der Waals surface area contributed by atoms with Gasteiger partial charge in [0.2, 0.25) is 0 Å². The van der Waals surface area contributed by atoms with E-state index in [1.54, 1.807) is 0 Å². The molecule has 1 saturated carbocycles. The van der Waals surface area contributed by atoms with Crippen LogP contribution in [0, 0.1) is 5.92 Å². The lowest BCUT2D eigenvalue weighted by atomic mass is 9.83. The van der Waals surface area contributed by atoms with Crippen molar-refractivity contribution < 1.29 is 0 Å². The summed E-state index contributed by atoms with van der Waals surface area (Å²) in [5.41, 5.74) is 5.95. The molecule has 108 valence electrons. The summed E-state index contributed by atoms with van der Waals surface area (Å²) in [6.45, 7) is 7.98. The van der Waals surface area contributed by atoms with Gasteiger partial charge in [0.05, 0.1) is 0 Å². The van der Waals surface area contributed by atoms with Gasteiger partial charge in [-0.1, -0.05) is 52.4 Å². The van der Waals surface area contributed by atoms with Gasteiger partial charge in [0.1, 0.15) is 0 Å². The first-order valence-electron chi connectivity index (χ1n) is 8.27. The van der Waals surface area contributed by atoms with E-state index in [0.29, 0.717) is 0 Å². The SMILES string of the molecule is CCCCCCCN(CC)C1CCCCC1CN. The van der Waals surface area contributed by atoms with Gasteiger partial charge in [0, 0.05) is 6.04 Å². The number of hydrogen-bond acceptors (Lipinski definition) is 2. The smallest absolute Gasteiger partial charge is 0.0135 e. The first-order chi connectivity index (χ1) is 8.83. The minimum Gasteiger partial charge on any atom is -0.330 e. The maximum atomic E-state index is 5.95. The zero-order valence-electron chi connectivity index (χ0n) is 12.7. The van der Waals surface area contributed by atoms with Crippen LogP contribution in [0.4, 0.5) is 0 Å². The summed E-state index contributed by atoms with van der Waals surface area (Å²) in [5.74, 6) is 0.759. The van der Waals surface area contributed by atoms with Crippen molar-refractivity contribution in [3.05, 3.63) is 0 Å². The molecule has 1 rings (SSSR count). The molecule has 0 saturated heterocycles. The van der Waals surface area contributed by atoms with Crippen molar-refractivity contribution in [1.29, 1.82) is 0 Å². The molecular weight excluding hydrogens is 220 g/mol. The summed E-state index contributed by atoms with van der Waals surface area (Å²) in [4.78, 5) is 2.71. The molecule has 2 nitrogen and oxygen atoms in total. The van der Waals surface area contributed by atoms with Crippen molar-refractivity contribution >= 4 is 0 Å². The predicted molar refractivity (Wildman–Crippen MR) is 80.8 cm³/mol. The molecule has 1 fully saturated rings. The minimum atomic E-state index is 0.759. The maximum Gasteiger partial charge on any atom is 0.0135 e. The highest BCUT2D eigenvalue weighted by atomic mass is 15.2. The van der Waals surface area contributed by atoms with Gasteiger partial charge in [-0.2, -0.15) is 0 Å². The van der Waals surface area contributed by atoms with E-state index in [9.17, 15) is 0 Å². The molecule has 0 heterocycles. The van der Waals surface area contributed by atoms with Crippen molar-refractivity contribution in [3.63, 3.8) is 0 Å². The summed E-state index contributed by atoms with van der Waals surface area (Å²) in [6, 6.07) is 0.778. The summed E-state index contributed by atoms with van der Waals surface area (Å²) in [6.07, 6.45) is 12.5. The number of unbranched alkanes of at least 4 members (excludes halogenated alkanes) is 4. The van der Waals surface area contributed by atoms with Crippen molar-refractivity contribution in [2.24, 2.45) is 11.7 Å². The minimum absolute atomic E-state index is 0.759. The molecule has 0 bridgehead atoms. The fraction of sp³-hybridized carbons (Fsp3) is 1.00. The van der Waals surface area contributed by atoms with Crippen LogP contribution < -0.4 is 5.73 Å². The number of rotatable bonds is 9. The van der Waals surface area contributed by atoms with E-state index in [0.717, 1.165) is 18.5 Å². The monoisotopic (exact) mass is 254 g/mol. The first kappa shape index (κ1) is 16.0. The highest BCUT2D eigenvalue weighted by Crippen LogP contribution is 2.28. The second-order valence-corrected chi connectivity index (χ2v) is 5.89. The average Bonchev–Trinajstić information content (AvgIpc) is 2.43. The lowest BCUT2D eigenvalue weighted by molar-refractivity contribution is 0.110. The van der Waals surface area contributed by atoms with Crippen molar-refractivity contribution in [2.75, 3.05) is 19.6 Å². The molecule has 0 aromatic carbocycles. The van der Waals surface area contributed by atoms with Gasteiger partial charge in [-0.25, -0.2) is 0 Å². The predicted octanol–water partition coefficient (Wildman–Crippen LogP) is 3.80. The fourth-order valence-corrected chi connectivity index (χ4v) is 3.42. The second-order valence-electron chi connectivity index (χ2n) is 5.89. The van der Waals surface area contributed by atoms with Gasteiger partial charge in [0.25, 0.3) is 0 Å². The van der Waals surface area contributed by atoms with Gasteiger partial charge >= 0.3 is 0 Å². The third-order valence-electron chi connectivity index (χ3n) is 4.60. The van der Waals surface area contributed by atoms with Gasteiger partial charge < -0.3 is 10.6 Å². The zero-order chi connectivity index (χ0) is 13.2. The van der Waals surface area contributed by atoms with Gasteiger partial charge in [-0.15, -0.1) is 0 Å². The van der Waals surface area contributed by atoms with Crippen molar-refractivity contribution in [1.82, 2.24) is 4.90 Å². The summed E-state index contributed by atoms with van der Waals surface area (Å²) >= 11 is 0. The molecule has 1 aliphatic carbocycles. The Bertz CT molecular complexity index is 194. The summed E-state index contributed by atoms with van der Waals surface area (Å²) < 4.78 is 0. The number of nitrogens with zero attached hydrogens (tertiary/aromatic N) is 1. The topological polar surface area (TPSA) is 29.3 Å². The lowest BCUT2D eigenvalue weighted by Crippen LogP contribution is -2.45. The van der Waals surface area contributed by atoms with E-state index in [2.05, 4.69) is 18.7 Å². The Balaban J connectivity index is 2.29. The molecule has 0 aliphatic heterocycles. The van der Waals surface area contributed by atoms with Crippen LogP contribution in [0.15, 0.2) is 0 Å². The number of nitrogens with two attached hydrogens (primary N) is 1. The van der Waals surface area contributed by atoms with Crippen LogP contribution in [-0.4, -0.2) is 30.6 Å². The van der Waals surface area contributed by atoms with Crippen LogP contribution in [0.5, 0.6) is 0 Å². The molecule has 0 spiro atoms. The molecule has 2 unspecified atom stereocenters. The van der Waals surface area contributed by atoms with E-state index < -0.39 is 0 Å². The van der Waals surface area contributed by atoms with Crippen LogP contribution in [0.1, 0.15) is 71.6 Å². The highest BCUT2D eigenvalue weighted by Gasteiger charge is 2.27. The zero-order valence-corrected chi connectivity index (χ0v) is 12.7. The highest BCUT2D eigenvalue weighted by molar-refractivity contribution is 4.83. The Labute approximate surface area is 114 Å². The van der Waals surface area contributed by atoms with E-state index in [1.165, 1.54) is 70.9 Å². The van der Waals surface area contributed by atoms with Crippen LogP contribution in [0.3, 0.4) is 0 Å². The molecule has 1 aliphatic rings. The average molecular weight is 254 g/mol. The molecular formula is C16H34N2. The van der Waals surface area contributed by atoms with Crippen molar-refractivity contribution in [2.45, 2.75) is 77.7 Å². The Kier molecular flexibility index (Phi) is 8.70. The first-order valence-corrected chi connectivity index (χ1v) is 8.27. The van der Waals surface area contributed by atoms with Crippen LogP contribution in [-0.2, 0) is 0 Å². The standard InChI is InChI=1S/C16H34N2/c1-3-5-6-7-10-13-18(4-2)16-12-9-8-11-15(16)14-17/h15-16H,3-14,17H2,1-2H3. The third kappa shape index (κ3) is 5.27. The third-order valence-corrected chi connectivity index (χ3v) is 4.60. The van der Waals surface area contributed by atoms with E-state index in [-0.39, 0.29) is 0 Å². The quantitative estimate of drug-likeness (QED) is 0.634. The molecule has 0 radical (unpaired) electrons. The Morgan fingerprint density at radius 3 is 2.39 bits per heavy atom. The van der Waals surface area contributed by atoms with Gasteiger partial charge in [-0.05, 0) is 44.8 Å². The van der Waals surface area contributed by atoms with Gasteiger partial charge in [-0.3, -0.25) is 0 Å². The second kappa shape index (κ2) is 9.80. The largest absolute Gasteiger partial charge is 0.330 e. The fourth-order valence-electron chi connectivity index (χ4n) is 3.42. The molecule has 2 N–H and O–H groups in total. The lowest BCUT2D eigenvalue weighted by Gasteiger charge is -2.39. The molecule has 18 heavy (non-hydrogen) atoms. The van der Waals surface area contributed by atoms with Crippen LogP contribution in [0.2, 0.25) is 0 Å². The molecule has 0 aromatic rings. The van der Waals surface area contributed by atoms with E-state index in [4.69, 9.17) is 5.73 Å². The summed E-state index contributed by atoms with van der Waals surface area (Å²) in [5, 5.41) is 0. The molecule has 2 heteroatoms.